The zero-order valence-electron chi connectivity index (χ0n) is 24.0. The van der Waals surface area contributed by atoms with E-state index in [0.29, 0.717) is 25.3 Å². The lowest BCUT2D eigenvalue weighted by Gasteiger charge is -2.32. The van der Waals surface area contributed by atoms with Crippen molar-refractivity contribution in [3.8, 4) is 0 Å². The molecular formula is C27H37Cl3IN5O5S2. The number of hydrogen-bond acceptors (Lipinski definition) is 7. The van der Waals surface area contributed by atoms with E-state index in [1.54, 1.807) is 0 Å². The molecule has 0 aliphatic rings. The highest BCUT2D eigenvalue weighted by atomic mass is 127. The summed E-state index contributed by atoms with van der Waals surface area (Å²) in [6.07, 6.45) is 1.36. The van der Waals surface area contributed by atoms with Gasteiger partial charge in [-0.1, -0.05) is 49.2 Å². The Morgan fingerprint density at radius 3 is 2.26 bits per heavy atom. The zero-order valence-corrected chi connectivity index (χ0v) is 30.1. The number of thiophene rings is 1. The number of nitrogens with zero attached hydrogens (tertiary/aromatic N) is 1. The van der Waals surface area contributed by atoms with E-state index < -0.39 is 45.9 Å². The van der Waals surface area contributed by atoms with Crippen molar-refractivity contribution in [2.45, 2.75) is 61.9 Å². The molecule has 10 nitrogen and oxygen atoms in total. The van der Waals surface area contributed by atoms with Crippen LogP contribution in [0, 0.1) is 9.49 Å². The summed E-state index contributed by atoms with van der Waals surface area (Å²) in [5, 5.41) is 5.44. The van der Waals surface area contributed by atoms with Crippen molar-refractivity contribution in [3.05, 3.63) is 48.8 Å². The van der Waals surface area contributed by atoms with Crippen LogP contribution in [0.15, 0.2) is 34.5 Å². The standard InChI is InChI=1S/C27H37Cl3IN5O5S2/c1-16(2)5-10-20(35-43(40,41)23-14-19(29)24(30)42-23)27(39)36(3)22(13-17-6-8-18(31)9-7-17)26(38)34-21(15-32)25(37)33-12-4-11-28/h6-9,14,16,20-22,35H,4-5,10-13,15,32H2,1-3H3,(H,33,37)(H,34,38)/t20-,21-,22-/m0/s1. The summed E-state index contributed by atoms with van der Waals surface area (Å²) in [5.41, 5.74) is 6.57. The van der Waals surface area contributed by atoms with E-state index in [1.165, 1.54) is 18.0 Å². The molecule has 0 spiro atoms. The summed E-state index contributed by atoms with van der Waals surface area (Å²) in [7, 11) is -2.73. The predicted molar refractivity (Wildman–Crippen MR) is 181 cm³/mol. The number of nitrogens with two attached hydrogens (primary N) is 1. The van der Waals surface area contributed by atoms with Crippen molar-refractivity contribution in [1.82, 2.24) is 20.3 Å². The normalized spacial score (nSPS) is 13.8. The number of nitrogens with one attached hydrogen (secondary N) is 3. The monoisotopic (exact) mass is 807 g/mol. The van der Waals surface area contributed by atoms with E-state index in [9.17, 15) is 22.8 Å². The highest BCUT2D eigenvalue weighted by molar-refractivity contribution is 14.1. The van der Waals surface area contributed by atoms with Crippen LogP contribution in [-0.4, -0.2) is 75.2 Å². The Bertz CT molecular complexity index is 1330. The van der Waals surface area contributed by atoms with Crippen LogP contribution in [0.3, 0.4) is 0 Å². The van der Waals surface area contributed by atoms with Crippen LogP contribution in [0.1, 0.15) is 38.7 Å². The largest absolute Gasteiger partial charge is 0.354 e. The van der Waals surface area contributed by atoms with Gasteiger partial charge in [-0.25, -0.2) is 8.42 Å². The van der Waals surface area contributed by atoms with Gasteiger partial charge in [-0.15, -0.1) is 22.9 Å². The minimum Gasteiger partial charge on any atom is -0.354 e. The Morgan fingerprint density at radius 1 is 1.07 bits per heavy atom. The zero-order chi connectivity index (χ0) is 32.3. The third kappa shape index (κ3) is 11.9. The number of hydrogen-bond donors (Lipinski definition) is 4. The molecule has 0 radical (unpaired) electrons. The summed E-state index contributed by atoms with van der Waals surface area (Å²) < 4.78 is 29.9. The molecule has 16 heteroatoms. The number of likely N-dealkylation sites (N-methyl/N-ethyl adjacent to an activating group) is 1. The van der Waals surface area contributed by atoms with Crippen LogP contribution in [0.4, 0.5) is 0 Å². The van der Waals surface area contributed by atoms with Crippen molar-refractivity contribution in [2.24, 2.45) is 11.7 Å². The van der Waals surface area contributed by atoms with E-state index in [-0.39, 0.29) is 38.9 Å². The number of alkyl halides is 1. The number of rotatable bonds is 17. The summed E-state index contributed by atoms with van der Waals surface area (Å²) in [6.45, 7) is 4.06. The average Bonchev–Trinajstić information content (AvgIpc) is 3.31. The van der Waals surface area contributed by atoms with Crippen molar-refractivity contribution in [3.63, 3.8) is 0 Å². The van der Waals surface area contributed by atoms with E-state index in [4.69, 9.17) is 40.5 Å². The fourth-order valence-electron chi connectivity index (χ4n) is 3.99. The lowest BCUT2D eigenvalue weighted by molar-refractivity contribution is -0.141. The molecule has 0 saturated heterocycles. The molecule has 43 heavy (non-hydrogen) atoms. The molecular weight excluding hydrogens is 772 g/mol. The number of carbonyl (C=O) groups excluding carboxylic acids is 3. The number of halogens is 4. The highest BCUT2D eigenvalue weighted by Crippen LogP contribution is 2.34. The molecule has 0 aliphatic carbocycles. The van der Waals surface area contributed by atoms with Crippen LogP contribution in [0.2, 0.25) is 9.36 Å². The van der Waals surface area contributed by atoms with Gasteiger partial charge in [0.15, 0.2) is 0 Å². The molecule has 0 aliphatic heterocycles. The maximum Gasteiger partial charge on any atom is 0.250 e. The Hall–Kier alpha value is -1.20. The molecule has 0 unspecified atom stereocenters. The van der Waals surface area contributed by atoms with Crippen LogP contribution in [0.5, 0.6) is 0 Å². The van der Waals surface area contributed by atoms with Gasteiger partial charge in [0, 0.05) is 36.0 Å². The summed E-state index contributed by atoms with van der Waals surface area (Å²) >= 11 is 20.6. The van der Waals surface area contributed by atoms with E-state index in [2.05, 4.69) is 37.9 Å². The molecule has 3 atom stereocenters. The Balaban J connectivity index is 2.39. The molecule has 0 fully saturated rings. The van der Waals surface area contributed by atoms with Crippen LogP contribution >= 0.6 is 68.7 Å². The van der Waals surface area contributed by atoms with Crippen LogP contribution in [-0.2, 0) is 30.8 Å². The van der Waals surface area contributed by atoms with Gasteiger partial charge < -0.3 is 21.3 Å². The second-order valence-corrected chi connectivity index (χ2v) is 15.9. The lowest BCUT2D eigenvalue weighted by atomic mass is 10.00. The topological polar surface area (TPSA) is 151 Å². The molecule has 0 bridgehead atoms. The molecule has 0 saturated carbocycles. The first-order valence-corrected chi connectivity index (χ1v) is 18.2. The molecule has 2 aromatic rings. The summed E-state index contributed by atoms with van der Waals surface area (Å²) in [5.74, 6) is -1.17. The van der Waals surface area contributed by atoms with E-state index in [0.717, 1.165) is 20.5 Å². The maximum atomic E-state index is 13.9. The molecule has 3 amide bonds. The van der Waals surface area contributed by atoms with Crippen molar-refractivity contribution >= 4 is 96.5 Å². The fourth-order valence-corrected chi connectivity index (χ4v) is 7.60. The third-order valence-electron chi connectivity index (χ3n) is 6.45. The first-order valence-electron chi connectivity index (χ1n) is 13.5. The van der Waals surface area contributed by atoms with Gasteiger partial charge in [-0.3, -0.25) is 14.4 Å². The highest BCUT2D eigenvalue weighted by Gasteiger charge is 2.35. The van der Waals surface area contributed by atoms with Crippen LogP contribution < -0.4 is 21.1 Å². The van der Waals surface area contributed by atoms with Gasteiger partial charge in [0.25, 0.3) is 10.0 Å². The first kappa shape index (κ1) is 38.0. The quantitative estimate of drug-likeness (QED) is 0.108. The van der Waals surface area contributed by atoms with Gasteiger partial charge in [-0.2, -0.15) is 4.72 Å². The second-order valence-electron chi connectivity index (χ2n) is 10.3. The van der Waals surface area contributed by atoms with Crippen molar-refractivity contribution < 1.29 is 22.8 Å². The third-order valence-corrected chi connectivity index (χ3v) is 11.3. The van der Waals surface area contributed by atoms with Crippen molar-refractivity contribution in [1.29, 1.82) is 0 Å². The second kappa shape index (κ2) is 18.1. The van der Waals surface area contributed by atoms with Gasteiger partial charge in [0.2, 0.25) is 17.7 Å². The minimum atomic E-state index is -4.17. The predicted octanol–water partition coefficient (Wildman–Crippen LogP) is 4.00. The number of carbonyl (C=O) groups is 3. The van der Waals surface area contributed by atoms with Gasteiger partial charge in [-0.05, 0) is 71.5 Å². The number of amides is 3. The fraction of sp³-hybridized carbons (Fsp3) is 0.519. The number of sulfonamides is 1. The minimum absolute atomic E-state index is 0.0876. The Kier molecular flexibility index (Phi) is 16.0. The molecule has 1 aromatic carbocycles. The molecule has 1 heterocycles. The Morgan fingerprint density at radius 2 is 1.72 bits per heavy atom. The molecule has 240 valence electrons. The van der Waals surface area contributed by atoms with Gasteiger partial charge >= 0.3 is 0 Å². The smallest absolute Gasteiger partial charge is 0.250 e. The molecule has 1 aromatic heterocycles. The van der Waals surface area contributed by atoms with Crippen molar-refractivity contribution in [2.75, 3.05) is 26.0 Å². The molecule has 5 N–H and O–H groups in total. The van der Waals surface area contributed by atoms with E-state index in [1.807, 2.05) is 38.1 Å². The van der Waals surface area contributed by atoms with Gasteiger partial charge in [0.05, 0.1) is 5.02 Å². The van der Waals surface area contributed by atoms with E-state index >= 15 is 0 Å². The van der Waals surface area contributed by atoms with Crippen LogP contribution in [0.25, 0.3) is 0 Å². The Labute approximate surface area is 285 Å². The summed E-state index contributed by atoms with van der Waals surface area (Å²) in [4.78, 5) is 41.5. The summed E-state index contributed by atoms with van der Waals surface area (Å²) in [6, 6.07) is 5.32. The average molecular weight is 809 g/mol. The maximum absolute atomic E-state index is 13.9. The first-order chi connectivity index (χ1) is 20.2. The lowest BCUT2D eigenvalue weighted by Crippen LogP contribution is -2.59. The number of benzene rings is 1. The SMILES string of the molecule is CC(C)CC[C@H](NS(=O)(=O)c1cc(Cl)c(Cl)s1)C(=O)N(C)[C@@H](Cc1ccc(I)cc1)C(=O)N[C@@H](CN)C(=O)NCCCCl. The van der Waals surface area contributed by atoms with Gasteiger partial charge in [0.1, 0.15) is 26.7 Å². The molecule has 2 rings (SSSR count).